The maximum absolute atomic E-state index is 12.2. The SMILES string of the molecule is COC(=O)c1[nH]c2ccccc2c1N=NN1CC2CC(C1)c1cccc(=O)n1C2. The van der Waals surface area contributed by atoms with Gasteiger partial charge in [0.15, 0.2) is 5.69 Å². The van der Waals surface area contributed by atoms with Crippen molar-refractivity contribution < 1.29 is 9.53 Å². The molecule has 2 aromatic heterocycles. The summed E-state index contributed by atoms with van der Waals surface area (Å²) in [7, 11) is 1.35. The first-order valence-electron chi connectivity index (χ1n) is 9.69. The molecule has 0 saturated carbocycles. The Bertz CT molecular complexity index is 1180. The minimum atomic E-state index is -0.473. The highest BCUT2D eigenvalue weighted by Gasteiger charge is 2.34. The number of hydrogen-bond donors (Lipinski definition) is 1. The van der Waals surface area contributed by atoms with Crippen LogP contribution in [0.5, 0.6) is 0 Å². The number of aromatic amines is 1. The van der Waals surface area contributed by atoms with E-state index in [0.717, 1.165) is 29.6 Å². The predicted molar refractivity (Wildman–Crippen MR) is 107 cm³/mol. The third-order valence-electron chi connectivity index (χ3n) is 5.80. The van der Waals surface area contributed by atoms with Crippen molar-refractivity contribution in [1.29, 1.82) is 0 Å². The van der Waals surface area contributed by atoms with Gasteiger partial charge in [-0.05, 0) is 24.5 Å². The standard InChI is InChI=1S/C21H21N5O3/c1-29-21(28)20-19(15-5-2-3-6-16(15)22-20)23-24-25-10-13-9-14(12-25)17-7-4-8-18(27)26(17)11-13/h2-8,13-14,22H,9-12H2,1H3. The number of hydrogen-bond acceptors (Lipinski definition) is 5. The van der Waals surface area contributed by atoms with Crippen LogP contribution in [-0.4, -0.2) is 40.7 Å². The summed E-state index contributed by atoms with van der Waals surface area (Å²) in [5.41, 5.74) is 2.72. The van der Waals surface area contributed by atoms with Crippen LogP contribution in [0.15, 0.2) is 57.6 Å². The first kappa shape index (κ1) is 17.7. The van der Waals surface area contributed by atoms with Crippen molar-refractivity contribution in [2.24, 2.45) is 16.3 Å². The van der Waals surface area contributed by atoms with Gasteiger partial charge in [-0.15, -0.1) is 5.11 Å². The molecule has 5 rings (SSSR count). The topological polar surface area (TPSA) is 92.1 Å². The fourth-order valence-electron chi connectivity index (χ4n) is 4.53. The van der Waals surface area contributed by atoms with E-state index in [-0.39, 0.29) is 11.5 Å². The Labute approximate surface area is 166 Å². The molecule has 8 heteroatoms. The lowest BCUT2D eigenvalue weighted by Crippen LogP contribution is -2.45. The van der Waals surface area contributed by atoms with Crippen LogP contribution >= 0.6 is 0 Å². The van der Waals surface area contributed by atoms with Gasteiger partial charge in [0, 0.05) is 48.2 Å². The summed E-state index contributed by atoms with van der Waals surface area (Å²) >= 11 is 0. The van der Waals surface area contributed by atoms with Crippen LogP contribution < -0.4 is 5.56 Å². The van der Waals surface area contributed by atoms with Crippen molar-refractivity contribution in [2.75, 3.05) is 20.2 Å². The van der Waals surface area contributed by atoms with Crippen molar-refractivity contribution in [3.05, 3.63) is 64.2 Å². The monoisotopic (exact) mass is 391 g/mol. The van der Waals surface area contributed by atoms with Crippen molar-refractivity contribution in [2.45, 2.75) is 18.9 Å². The number of H-pyrrole nitrogens is 1. The van der Waals surface area contributed by atoms with Gasteiger partial charge in [-0.1, -0.05) is 29.5 Å². The van der Waals surface area contributed by atoms with Crippen LogP contribution in [0.2, 0.25) is 0 Å². The number of pyridine rings is 1. The molecule has 2 unspecified atom stereocenters. The Balaban J connectivity index is 1.46. The fourth-order valence-corrected chi connectivity index (χ4v) is 4.53. The van der Waals surface area contributed by atoms with E-state index in [0.29, 0.717) is 30.4 Å². The lowest BCUT2D eigenvalue weighted by atomic mass is 9.84. The van der Waals surface area contributed by atoms with Crippen molar-refractivity contribution in [1.82, 2.24) is 14.6 Å². The number of benzene rings is 1. The number of aromatic nitrogens is 2. The maximum atomic E-state index is 12.2. The third kappa shape index (κ3) is 3.00. The summed E-state index contributed by atoms with van der Waals surface area (Å²) in [5.74, 6) is 0.126. The highest BCUT2D eigenvalue weighted by molar-refractivity contribution is 6.04. The number of rotatable bonds is 3. The average molecular weight is 391 g/mol. The van der Waals surface area contributed by atoms with Gasteiger partial charge in [-0.3, -0.25) is 9.80 Å². The first-order valence-corrected chi connectivity index (χ1v) is 9.69. The highest BCUT2D eigenvalue weighted by atomic mass is 16.5. The summed E-state index contributed by atoms with van der Waals surface area (Å²) in [6, 6.07) is 13.1. The molecule has 2 aliphatic heterocycles. The van der Waals surface area contributed by atoms with Gasteiger partial charge in [-0.25, -0.2) is 4.79 Å². The average Bonchev–Trinajstić information content (AvgIpc) is 3.11. The number of nitrogens with zero attached hydrogens (tertiary/aromatic N) is 4. The molecule has 0 radical (unpaired) electrons. The van der Waals surface area contributed by atoms with Gasteiger partial charge >= 0.3 is 5.97 Å². The van der Waals surface area contributed by atoms with E-state index < -0.39 is 5.97 Å². The van der Waals surface area contributed by atoms with E-state index in [1.165, 1.54) is 7.11 Å². The Hall–Kier alpha value is -3.42. The second kappa shape index (κ2) is 6.88. The minimum absolute atomic E-state index is 0.0637. The number of fused-ring (bicyclic) bond motifs is 5. The highest BCUT2D eigenvalue weighted by Crippen LogP contribution is 2.36. The van der Waals surface area contributed by atoms with Crippen LogP contribution in [0.25, 0.3) is 10.9 Å². The van der Waals surface area contributed by atoms with Gasteiger partial charge in [0.2, 0.25) is 0 Å². The van der Waals surface area contributed by atoms with E-state index >= 15 is 0 Å². The van der Waals surface area contributed by atoms with Crippen LogP contribution in [0.4, 0.5) is 5.69 Å². The molecule has 0 spiro atoms. The van der Waals surface area contributed by atoms with E-state index in [4.69, 9.17) is 4.74 Å². The van der Waals surface area contributed by atoms with Gasteiger partial charge < -0.3 is 14.3 Å². The molecule has 1 aromatic carbocycles. The number of piperidine rings is 1. The van der Waals surface area contributed by atoms with Crippen LogP contribution in [0.1, 0.15) is 28.5 Å². The third-order valence-corrected chi connectivity index (χ3v) is 5.80. The Morgan fingerprint density at radius 3 is 2.86 bits per heavy atom. The number of carbonyl (C=O) groups is 1. The zero-order chi connectivity index (χ0) is 20.0. The van der Waals surface area contributed by atoms with Gasteiger partial charge in [-0.2, -0.15) is 0 Å². The van der Waals surface area contributed by atoms with Gasteiger partial charge in [0.05, 0.1) is 7.11 Å². The minimum Gasteiger partial charge on any atom is -0.464 e. The lowest BCUT2D eigenvalue weighted by Gasteiger charge is -2.40. The second-order valence-electron chi connectivity index (χ2n) is 7.64. The number of ether oxygens (including phenoxy) is 1. The molecule has 4 heterocycles. The first-order chi connectivity index (χ1) is 14.1. The van der Waals surface area contributed by atoms with Crippen molar-refractivity contribution in [3.63, 3.8) is 0 Å². The summed E-state index contributed by atoms with van der Waals surface area (Å²) in [4.78, 5) is 27.4. The van der Waals surface area contributed by atoms with Crippen LogP contribution in [0.3, 0.4) is 0 Å². The molecule has 29 heavy (non-hydrogen) atoms. The van der Waals surface area contributed by atoms with Gasteiger partial charge in [0.25, 0.3) is 5.56 Å². The lowest BCUT2D eigenvalue weighted by molar-refractivity contribution is 0.0595. The summed E-state index contributed by atoms with van der Waals surface area (Å²) in [6.07, 6.45) is 1.05. The summed E-state index contributed by atoms with van der Waals surface area (Å²) in [5, 5.41) is 11.7. The zero-order valence-corrected chi connectivity index (χ0v) is 16.0. The smallest absolute Gasteiger partial charge is 0.356 e. The van der Waals surface area contributed by atoms with E-state index in [9.17, 15) is 9.59 Å². The molecule has 1 N–H and O–H groups in total. The molecular weight excluding hydrogens is 370 g/mol. The van der Waals surface area contributed by atoms with Crippen molar-refractivity contribution in [3.8, 4) is 0 Å². The summed E-state index contributed by atoms with van der Waals surface area (Å²) < 4.78 is 6.78. The molecule has 8 nitrogen and oxygen atoms in total. The number of nitrogens with one attached hydrogen (secondary N) is 1. The molecule has 1 fully saturated rings. The number of para-hydroxylation sites is 1. The molecule has 0 amide bonds. The van der Waals surface area contributed by atoms with Crippen molar-refractivity contribution >= 4 is 22.6 Å². The molecule has 1 saturated heterocycles. The quantitative estimate of drug-likeness (QED) is 0.548. The number of methoxy groups -OCH3 is 1. The Morgan fingerprint density at radius 2 is 2.00 bits per heavy atom. The zero-order valence-electron chi connectivity index (χ0n) is 16.0. The van der Waals surface area contributed by atoms with Crippen LogP contribution in [0, 0.1) is 5.92 Å². The largest absolute Gasteiger partial charge is 0.464 e. The van der Waals surface area contributed by atoms with E-state index in [2.05, 4.69) is 15.3 Å². The predicted octanol–water partition coefficient (Wildman–Crippen LogP) is 3.23. The number of carbonyl (C=O) groups excluding carboxylic acids is 1. The molecule has 0 aliphatic carbocycles. The normalized spacial score (nSPS) is 20.8. The maximum Gasteiger partial charge on any atom is 0.356 e. The molecule has 2 aliphatic rings. The molecule has 3 aromatic rings. The second-order valence-corrected chi connectivity index (χ2v) is 7.64. The Morgan fingerprint density at radius 1 is 1.14 bits per heavy atom. The fraction of sp³-hybridized carbons (Fsp3) is 0.333. The van der Waals surface area contributed by atoms with Crippen LogP contribution in [-0.2, 0) is 11.3 Å². The summed E-state index contributed by atoms with van der Waals surface area (Å²) in [6.45, 7) is 2.13. The van der Waals surface area contributed by atoms with E-state index in [1.54, 1.807) is 6.07 Å². The molecule has 2 bridgehead atoms. The van der Waals surface area contributed by atoms with E-state index in [1.807, 2.05) is 46.0 Å². The molecule has 2 atom stereocenters. The molecule has 148 valence electrons. The van der Waals surface area contributed by atoms with Gasteiger partial charge in [0.1, 0.15) is 5.69 Å². The molecular formula is C21H21N5O3. The number of esters is 1. The Kier molecular flexibility index (Phi) is 4.19.